The molecule has 25 heavy (non-hydrogen) atoms. The van der Waals surface area contributed by atoms with Gasteiger partial charge in [0.2, 0.25) is 5.82 Å². The molecule has 0 aromatic heterocycles. The lowest BCUT2D eigenvalue weighted by Gasteiger charge is -2.11. The minimum atomic E-state index is -2.23. The van der Waals surface area contributed by atoms with Gasteiger partial charge in [-0.25, -0.2) is 22.0 Å². The molecule has 0 heterocycles. The van der Waals surface area contributed by atoms with Gasteiger partial charge in [-0.2, -0.15) is 0 Å². The van der Waals surface area contributed by atoms with Gasteiger partial charge < -0.3 is 5.32 Å². The van der Waals surface area contributed by atoms with Crippen LogP contribution in [0.25, 0.3) is 0 Å². The third-order valence-electron chi connectivity index (χ3n) is 4.08. The summed E-state index contributed by atoms with van der Waals surface area (Å²) >= 11 is 0. The lowest BCUT2D eigenvalue weighted by atomic mass is 9.97. The number of carbonyl (C=O) groups is 1. The van der Waals surface area contributed by atoms with E-state index in [-0.39, 0.29) is 5.56 Å². The topological polar surface area (TPSA) is 29.1 Å². The van der Waals surface area contributed by atoms with Crippen molar-refractivity contribution < 1.29 is 26.7 Å². The third kappa shape index (κ3) is 3.81. The zero-order valence-corrected chi connectivity index (χ0v) is 13.6. The van der Waals surface area contributed by atoms with Crippen LogP contribution in [-0.4, -0.2) is 5.91 Å². The first-order chi connectivity index (χ1) is 11.8. The van der Waals surface area contributed by atoms with Crippen molar-refractivity contribution in [3.05, 3.63) is 70.0 Å². The van der Waals surface area contributed by atoms with Crippen LogP contribution in [0.2, 0.25) is 0 Å². The van der Waals surface area contributed by atoms with Crippen LogP contribution in [0.1, 0.15) is 47.7 Å². The highest BCUT2D eigenvalue weighted by atomic mass is 19.2. The van der Waals surface area contributed by atoms with Crippen LogP contribution in [0.5, 0.6) is 0 Å². The van der Waals surface area contributed by atoms with E-state index in [9.17, 15) is 26.7 Å². The van der Waals surface area contributed by atoms with Gasteiger partial charge in [0, 0.05) is 17.7 Å². The van der Waals surface area contributed by atoms with E-state index >= 15 is 0 Å². The van der Waals surface area contributed by atoms with Crippen molar-refractivity contribution in [2.45, 2.75) is 32.7 Å². The Morgan fingerprint density at radius 3 is 1.88 bits per heavy atom. The van der Waals surface area contributed by atoms with Crippen LogP contribution in [0.4, 0.5) is 22.0 Å². The van der Waals surface area contributed by atoms with Gasteiger partial charge in [0.25, 0.3) is 5.91 Å². The molecular weight excluding hydrogens is 341 g/mol. The Bertz CT molecular complexity index is 760. The number of amides is 1. The van der Waals surface area contributed by atoms with Crippen molar-refractivity contribution in [1.29, 1.82) is 0 Å². The van der Waals surface area contributed by atoms with E-state index in [1.54, 1.807) is 12.1 Å². The van der Waals surface area contributed by atoms with Crippen LogP contribution < -0.4 is 5.32 Å². The predicted molar refractivity (Wildman–Crippen MR) is 82.6 cm³/mol. The minimum Gasteiger partial charge on any atom is -0.348 e. The molecule has 1 atom stereocenters. The molecule has 2 nitrogen and oxygen atoms in total. The van der Waals surface area contributed by atoms with Crippen LogP contribution in [0, 0.1) is 29.1 Å². The molecule has 7 heteroatoms. The number of carbonyl (C=O) groups excluding carboxylic acids is 1. The summed E-state index contributed by atoms with van der Waals surface area (Å²) in [6.07, 6.45) is 0.922. The second-order valence-electron chi connectivity index (χ2n) is 5.66. The number of halogens is 5. The van der Waals surface area contributed by atoms with Crippen molar-refractivity contribution in [2.24, 2.45) is 0 Å². The molecule has 2 aromatic rings. The lowest BCUT2D eigenvalue weighted by molar-refractivity contribution is 0.0950. The standard InChI is InChI=1S/C18H16F5NO/c1-3-9(2)10-4-6-11(7-5-10)18(25)24-8-12-13(19)15(21)17(23)16(22)14(12)20/h4-7,9H,3,8H2,1-2H3,(H,24,25). The largest absolute Gasteiger partial charge is 0.348 e. The Balaban J connectivity index is 2.15. The maximum atomic E-state index is 13.6. The highest BCUT2D eigenvalue weighted by Crippen LogP contribution is 2.23. The summed E-state index contributed by atoms with van der Waals surface area (Å²) < 4.78 is 66.4. The normalized spacial score (nSPS) is 12.1. The molecule has 0 aliphatic rings. The smallest absolute Gasteiger partial charge is 0.251 e. The Labute approximate surface area is 141 Å². The van der Waals surface area contributed by atoms with Crippen molar-refractivity contribution >= 4 is 5.91 Å². The van der Waals surface area contributed by atoms with E-state index in [4.69, 9.17) is 0 Å². The summed E-state index contributed by atoms with van der Waals surface area (Å²) in [6.45, 7) is 3.23. The maximum absolute atomic E-state index is 13.6. The average Bonchev–Trinajstić information content (AvgIpc) is 2.64. The highest BCUT2D eigenvalue weighted by molar-refractivity contribution is 5.94. The van der Waals surface area contributed by atoms with E-state index in [0.717, 1.165) is 12.0 Å². The summed E-state index contributed by atoms with van der Waals surface area (Å²) in [6, 6.07) is 6.58. The van der Waals surface area contributed by atoms with E-state index < -0.39 is 47.1 Å². The fraction of sp³-hybridized carbons (Fsp3) is 0.278. The van der Waals surface area contributed by atoms with E-state index in [1.807, 2.05) is 13.8 Å². The van der Waals surface area contributed by atoms with Crippen LogP contribution in [0.15, 0.2) is 24.3 Å². The molecule has 0 saturated carbocycles. The zero-order chi connectivity index (χ0) is 18.7. The summed E-state index contributed by atoms with van der Waals surface area (Å²) in [4.78, 5) is 12.0. The summed E-state index contributed by atoms with van der Waals surface area (Å²) in [5.41, 5.74) is 0.163. The van der Waals surface area contributed by atoms with Gasteiger partial charge in [-0.15, -0.1) is 0 Å². The van der Waals surface area contributed by atoms with Crippen LogP contribution >= 0.6 is 0 Å². The molecule has 0 fully saturated rings. The van der Waals surface area contributed by atoms with Gasteiger partial charge in [-0.05, 0) is 30.0 Å². The van der Waals surface area contributed by atoms with Gasteiger partial charge in [0.15, 0.2) is 23.3 Å². The monoisotopic (exact) mass is 357 g/mol. The SMILES string of the molecule is CCC(C)c1ccc(C(=O)NCc2c(F)c(F)c(F)c(F)c2F)cc1. The summed E-state index contributed by atoms with van der Waals surface area (Å²) in [5, 5.41) is 2.16. The number of hydrogen-bond donors (Lipinski definition) is 1. The second-order valence-corrected chi connectivity index (χ2v) is 5.66. The molecule has 0 aliphatic heterocycles. The van der Waals surface area contributed by atoms with Gasteiger partial charge in [0.05, 0.1) is 0 Å². The van der Waals surface area contributed by atoms with Crippen molar-refractivity contribution in [2.75, 3.05) is 0 Å². The third-order valence-corrected chi connectivity index (χ3v) is 4.08. The fourth-order valence-electron chi connectivity index (χ4n) is 2.28. The average molecular weight is 357 g/mol. The first kappa shape index (κ1) is 18.9. The van der Waals surface area contributed by atoms with Gasteiger partial charge in [-0.1, -0.05) is 26.0 Å². The van der Waals surface area contributed by atoms with Gasteiger partial charge in [0.1, 0.15) is 0 Å². The molecule has 0 bridgehead atoms. The summed E-state index contributed by atoms with van der Waals surface area (Å²) in [5.74, 6) is -10.6. The van der Waals surface area contributed by atoms with Crippen LogP contribution in [0.3, 0.4) is 0 Å². The number of nitrogens with one attached hydrogen (secondary N) is 1. The van der Waals surface area contributed by atoms with Crippen molar-refractivity contribution in [1.82, 2.24) is 5.32 Å². The predicted octanol–water partition coefficient (Wildman–Crippen LogP) is 4.83. The van der Waals surface area contributed by atoms with Crippen LogP contribution in [-0.2, 0) is 6.54 Å². The van der Waals surface area contributed by atoms with Gasteiger partial charge in [-0.3, -0.25) is 4.79 Å². The molecule has 1 amide bonds. The van der Waals surface area contributed by atoms with Crippen molar-refractivity contribution in [3.8, 4) is 0 Å². The zero-order valence-electron chi connectivity index (χ0n) is 13.6. The Morgan fingerprint density at radius 1 is 0.920 bits per heavy atom. The molecule has 0 saturated heterocycles. The molecule has 0 aliphatic carbocycles. The van der Waals surface area contributed by atoms with Gasteiger partial charge >= 0.3 is 0 Å². The van der Waals surface area contributed by atoms with E-state index in [0.29, 0.717) is 5.92 Å². The number of benzene rings is 2. The Kier molecular flexibility index (Phi) is 5.77. The maximum Gasteiger partial charge on any atom is 0.251 e. The molecule has 1 unspecified atom stereocenters. The molecule has 2 aromatic carbocycles. The lowest BCUT2D eigenvalue weighted by Crippen LogP contribution is -2.25. The summed E-state index contributed by atoms with van der Waals surface area (Å²) in [7, 11) is 0. The molecule has 2 rings (SSSR count). The molecule has 134 valence electrons. The minimum absolute atomic E-state index is 0.218. The molecule has 0 radical (unpaired) electrons. The van der Waals surface area contributed by atoms with Crippen molar-refractivity contribution in [3.63, 3.8) is 0 Å². The molecular formula is C18H16F5NO. The molecule has 1 N–H and O–H groups in total. The Hall–Kier alpha value is -2.44. The van der Waals surface area contributed by atoms with E-state index in [1.165, 1.54) is 12.1 Å². The fourth-order valence-corrected chi connectivity index (χ4v) is 2.28. The number of rotatable bonds is 5. The van der Waals surface area contributed by atoms with E-state index in [2.05, 4.69) is 5.32 Å². The Morgan fingerprint density at radius 2 is 1.40 bits per heavy atom. The quantitative estimate of drug-likeness (QED) is 0.464. The first-order valence-corrected chi connectivity index (χ1v) is 7.66. The number of hydrogen-bond acceptors (Lipinski definition) is 1. The first-order valence-electron chi connectivity index (χ1n) is 7.66. The highest BCUT2D eigenvalue weighted by Gasteiger charge is 2.25. The second kappa shape index (κ2) is 7.63. The molecule has 0 spiro atoms.